The molecule has 1 atom stereocenters. The van der Waals surface area contributed by atoms with Crippen LogP contribution in [0.1, 0.15) is 24.2 Å². The Morgan fingerprint density at radius 3 is 2.81 bits per heavy atom. The lowest BCUT2D eigenvalue weighted by atomic mass is 10.1. The summed E-state index contributed by atoms with van der Waals surface area (Å²) in [4.78, 5) is 0. The Bertz CT molecular complexity index is 609. The molecule has 0 amide bonds. The van der Waals surface area contributed by atoms with Gasteiger partial charge in [0.25, 0.3) is 0 Å². The molecule has 1 N–H and O–H groups in total. The molecule has 3 rings (SSSR count). The van der Waals surface area contributed by atoms with Gasteiger partial charge in [-0.05, 0) is 43.7 Å². The third-order valence-electron chi connectivity index (χ3n) is 3.77. The number of fused-ring (bicyclic) bond motifs is 1. The van der Waals surface area contributed by atoms with Crippen molar-refractivity contribution in [1.82, 2.24) is 15.1 Å². The lowest BCUT2D eigenvalue weighted by Crippen LogP contribution is -2.23. The number of hydrogen-bond donors (Lipinski definition) is 1. The van der Waals surface area contributed by atoms with Gasteiger partial charge in [0.2, 0.25) is 0 Å². The number of rotatable bonds is 5. The van der Waals surface area contributed by atoms with Gasteiger partial charge in [0, 0.05) is 19.3 Å². The van der Waals surface area contributed by atoms with Crippen LogP contribution in [0, 0.1) is 0 Å². The standard InChI is InChI=1S/C16H21N3O2/c1-12(14-6-8-18-19(14)2)17-7-5-13-3-4-15-16(11-13)21-10-9-20-15/h3-4,6,8,11-12,17H,5,7,9-10H2,1-2H3. The van der Waals surface area contributed by atoms with Crippen LogP contribution in [0.3, 0.4) is 0 Å². The van der Waals surface area contributed by atoms with E-state index in [1.807, 2.05) is 30.1 Å². The van der Waals surface area contributed by atoms with Crippen molar-refractivity contribution >= 4 is 0 Å². The zero-order valence-corrected chi connectivity index (χ0v) is 12.5. The van der Waals surface area contributed by atoms with Crippen molar-refractivity contribution in [1.29, 1.82) is 0 Å². The fourth-order valence-corrected chi connectivity index (χ4v) is 2.59. The first-order valence-electron chi connectivity index (χ1n) is 7.34. The lowest BCUT2D eigenvalue weighted by Gasteiger charge is -2.19. The molecular weight excluding hydrogens is 266 g/mol. The van der Waals surface area contributed by atoms with E-state index in [0.29, 0.717) is 13.2 Å². The molecule has 1 aromatic carbocycles. The van der Waals surface area contributed by atoms with Crippen molar-refractivity contribution in [2.75, 3.05) is 19.8 Å². The average molecular weight is 287 g/mol. The molecule has 5 nitrogen and oxygen atoms in total. The fourth-order valence-electron chi connectivity index (χ4n) is 2.59. The highest BCUT2D eigenvalue weighted by Crippen LogP contribution is 2.30. The Hall–Kier alpha value is -2.01. The maximum atomic E-state index is 5.61. The summed E-state index contributed by atoms with van der Waals surface area (Å²) in [6, 6.07) is 8.50. The summed E-state index contributed by atoms with van der Waals surface area (Å²) in [6.07, 6.45) is 2.78. The first-order chi connectivity index (χ1) is 10.2. The van der Waals surface area contributed by atoms with Crippen LogP contribution in [-0.4, -0.2) is 29.5 Å². The second-order valence-corrected chi connectivity index (χ2v) is 5.28. The molecule has 0 spiro atoms. The Balaban J connectivity index is 1.55. The topological polar surface area (TPSA) is 48.3 Å². The maximum Gasteiger partial charge on any atom is 0.161 e. The van der Waals surface area contributed by atoms with E-state index in [1.54, 1.807) is 0 Å². The van der Waals surface area contributed by atoms with Gasteiger partial charge in [0.1, 0.15) is 13.2 Å². The molecule has 1 unspecified atom stereocenters. The summed E-state index contributed by atoms with van der Waals surface area (Å²) in [5.41, 5.74) is 2.45. The van der Waals surface area contributed by atoms with Gasteiger partial charge in [-0.25, -0.2) is 0 Å². The Kier molecular flexibility index (Phi) is 4.10. The lowest BCUT2D eigenvalue weighted by molar-refractivity contribution is 0.171. The smallest absolute Gasteiger partial charge is 0.161 e. The SMILES string of the molecule is CC(NCCc1ccc2c(c1)OCCO2)c1ccnn1C. The number of hydrogen-bond acceptors (Lipinski definition) is 4. The van der Waals surface area contributed by atoms with E-state index in [9.17, 15) is 0 Å². The Morgan fingerprint density at radius 1 is 1.24 bits per heavy atom. The van der Waals surface area contributed by atoms with Crippen LogP contribution < -0.4 is 14.8 Å². The van der Waals surface area contributed by atoms with E-state index in [-0.39, 0.29) is 6.04 Å². The Morgan fingerprint density at radius 2 is 2.05 bits per heavy atom. The summed E-state index contributed by atoms with van der Waals surface area (Å²) in [5.74, 6) is 1.71. The quantitative estimate of drug-likeness (QED) is 0.915. The molecule has 21 heavy (non-hydrogen) atoms. The van der Waals surface area contributed by atoms with E-state index < -0.39 is 0 Å². The summed E-state index contributed by atoms with van der Waals surface area (Å²) in [7, 11) is 1.97. The third kappa shape index (κ3) is 3.19. The van der Waals surface area contributed by atoms with E-state index in [0.717, 1.165) is 24.5 Å². The van der Waals surface area contributed by atoms with Gasteiger partial charge in [-0.3, -0.25) is 4.68 Å². The first-order valence-corrected chi connectivity index (χ1v) is 7.34. The van der Waals surface area contributed by atoms with Gasteiger partial charge in [0.05, 0.1) is 5.69 Å². The number of aromatic nitrogens is 2. The Labute approximate surface area is 124 Å². The number of ether oxygens (including phenoxy) is 2. The first kappa shape index (κ1) is 13.9. The molecule has 0 bridgehead atoms. The normalized spacial score (nSPS) is 15.0. The third-order valence-corrected chi connectivity index (χ3v) is 3.77. The van der Waals surface area contributed by atoms with Crippen molar-refractivity contribution in [3.63, 3.8) is 0 Å². The van der Waals surface area contributed by atoms with Gasteiger partial charge in [-0.15, -0.1) is 0 Å². The maximum absolute atomic E-state index is 5.61. The molecule has 0 saturated heterocycles. The molecule has 1 aliphatic rings. The zero-order chi connectivity index (χ0) is 14.7. The number of aryl methyl sites for hydroxylation is 1. The number of benzene rings is 1. The average Bonchev–Trinajstić information content (AvgIpc) is 2.93. The van der Waals surface area contributed by atoms with Crippen molar-refractivity contribution in [3.05, 3.63) is 41.7 Å². The molecule has 112 valence electrons. The predicted octanol–water partition coefficient (Wildman–Crippen LogP) is 2.08. The van der Waals surface area contributed by atoms with Crippen molar-refractivity contribution in [2.45, 2.75) is 19.4 Å². The molecule has 0 radical (unpaired) electrons. The molecule has 0 fully saturated rings. The van der Waals surface area contributed by atoms with Crippen LogP contribution in [-0.2, 0) is 13.5 Å². The molecule has 1 aliphatic heterocycles. The van der Waals surface area contributed by atoms with Crippen molar-refractivity contribution in [3.8, 4) is 11.5 Å². The van der Waals surface area contributed by atoms with Crippen molar-refractivity contribution in [2.24, 2.45) is 7.05 Å². The second-order valence-electron chi connectivity index (χ2n) is 5.28. The number of nitrogens with one attached hydrogen (secondary N) is 1. The highest BCUT2D eigenvalue weighted by atomic mass is 16.6. The van der Waals surface area contributed by atoms with Gasteiger partial charge in [-0.2, -0.15) is 5.10 Å². The second kappa shape index (κ2) is 6.18. The zero-order valence-electron chi connectivity index (χ0n) is 12.5. The van der Waals surface area contributed by atoms with Crippen LogP contribution >= 0.6 is 0 Å². The summed E-state index contributed by atoms with van der Waals surface area (Å²) >= 11 is 0. The largest absolute Gasteiger partial charge is 0.486 e. The summed E-state index contributed by atoms with van der Waals surface area (Å²) in [5, 5.41) is 7.72. The molecule has 2 heterocycles. The van der Waals surface area contributed by atoms with Crippen LogP contribution in [0.5, 0.6) is 11.5 Å². The van der Waals surface area contributed by atoms with Gasteiger partial charge in [0.15, 0.2) is 11.5 Å². The number of nitrogens with zero attached hydrogens (tertiary/aromatic N) is 2. The van der Waals surface area contributed by atoms with E-state index in [1.165, 1.54) is 11.3 Å². The van der Waals surface area contributed by atoms with Crippen LogP contribution in [0.4, 0.5) is 0 Å². The van der Waals surface area contributed by atoms with E-state index in [4.69, 9.17) is 9.47 Å². The highest BCUT2D eigenvalue weighted by molar-refractivity contribution is 5.43. The fraction of sp³-hybridized carbons (Fsp3) is 0.438. The molecule has 0 saturated carbocycles. The van der Waals surface area contributed by atoms with Crippen LogP contribution in [0.2, 0.25) is 0 Å². The summed E-state index contributed by atoms with van der Waals surface area (Å²) in [6.45, 7) is 4.33. The molecule has 5 heteroatoms. The minimum Gasteiger partial charge on any atom is -0.486 e. The van der Waals surface area contributed by atoms with Crippen LogP contribution in [0.25, 0.3) is 0 Å². The van der Waals surface area contributed by atoms with E-state index in [2.05, 4.69) is 29.5 Å². The van der Waals surface area contributed by atoms with Crippen LogP contribution in [0.15, 0.2) is 30.5 Å². The molecule has 0 aliphatic carbocycles. The molecule has 1 aromatic heterocycles. The monoisotopic (exact) mass is 287 g/mol. The van der Waals surface area contributed by atoms with Gasteiger partial charge >= 0.3 is 0 Å². The predicted molar refractivity (Wildman–Crippen MR) is 80.8 cm³/mol. The molecular formula is C16H21N3O2. The highest BCUT2D eigenvalue weighted by Gasteiger charge is 2.12. The minimum absolute atomic E-state index is 0.287. The summed E-state index contributed by atoms with van der Waals surface area (Å²) < 4.78 is 13.0. The minimum atomic E-state index is 0.287. The van der Waals surface area contributed by atoms with Gasteiger partial charge < -0.3 is 14.8 Å². The van der Waals surface area contributed by atoms with Gasteiger partial charge in [-0.1, -0.05) is 6.07 Å². The molecule has 2 aromatic rings. The van der Waals surface area contributed by atoms with Crippen molar-refractivity contribution < 1.29 is 9.47 Å². The van der Waals surface area contributed by atoms with E-state index >= 15 is 0 Å².